The first-order valence-corrected chi connectivity index (χ1v) is 7.30. The summed E-state index contributed by atoms with van der Waals surface area (Å²) in [4.78, 5) is 25.5. The third kappa shape index (κ3) is 4.48. The molecular weight excluding hydrogens is 268 g/mol. The van der Waals surface area contributed by atoms with Crippen molar-refractivity contribution >= 4 is 17.6 Å². The quantitative estimate of drug-likeness (QED) is 0.842. The van der Waals surface area contributed by atoms with E-state index < -0.39 is 5.97 Å². The van der Waals surface area contributed by atoms with Gasteiger partial charge in [-0.2, -0.15) is 0 Å². The summed E-state index contributed by atoms with van der Waals surface area (Å²) in [7, 11) is 3.86. The molecule has 0 bridgehead atoms. The number of esters is 1. The number of carbonyl (C=O) groups excluding carboxylic acids is 2. The van der Waals surface area contributed by atoms with Gasteiger partial charge in [-0.3, -0.25) is 4.79 Å². The maximum atomic E-state index is 11.9. The van der Waals surface area contributed by atoms with Gasteiger partial charge in [0, 0.05) is 25.8 Å². The Morgan fingerprint density at radius 3 is 2.38 bits per heavy atom. The third-order valence-corrected chi connectivity index (χ3v) is 3.67. The van der Waals surface area contributed by atoms with Crippen molar-refractivity contribution in [3.8, 4) is 0 Å². The number of benzene rings is 1. The lowest BCUT2D eigenvalue weighted by Crippen LogP contribution is -2.35. The molecule has 21 heavy (non-hydrogen) atoms. The smallest absolute Gasteiger partial charge is 0.338 e. The van der Waals surface area contributed by atoms with Crippen LogP contribution in [0.2, 0.25) is 0 Å². The van der Waals surface area contributed by atoms with Crippen molar-refractivity contribution in [3.05, 3.63) is 29.8 Å². The first-order valence-electron chi connectivity index (χ1n) is 7.30. The molecule has 1 saturated carbocycles. The fourth-order valence-electron chi connectivity index (χ4n) is 2.45. The van der Waals surface area contributed by atoms with E-state index in [0.29, 0.717) is 5.56 Å². The minimum absolute atomic E-state index is 0.217. The molecule has 2 rings (SSSR count). The van der Waals surface area contributed by atoms with E-state index in [-0.39, 0.29) is 18.6 Å². The standard InChI is InChI=1S/C16H22N2O3/c1-18(2)14-9-7-12(8-10-14)16(20)21-11-15(19)17-13-5-3-4-6-13/h7-10,13H,3-6,11H2,1-2H3,(H,17,19). The molecule has 0 aliphatic heterocycles. The molecule has 0 saturated heterocycles. The van der Waals surface area contributed by atoms with E-state index in [2.05, 4.69) is 5.32 Å². The van der Waals surface area contributed by atoms with Gasteiger partial charge in [-0.1, -0.05) is 12.8 Å². The number of hydrogen-bond acceptors (Lipinski definition) is 4. The van der Waals surface area contributed by atoms with Crippen molar-refractivity contribution in [2.75, 3.05) is 25.6 Å². The van der Waals surface area contributed by atoms with Gasteiger partial charge in [0.2, 0.25) is 0 Å². The number of nitrogens with zero attached hydrogens (tertiary/aromatic N) is 1. The summed E-state index contributed by atoms with van der Waals surface area (Å²) in [6.45, 7) is -0.217. The number of hydrogen-bond donors (Lipinski definition) is 1. The highest BCUT2D eigenvalue weighted by Crippen LogP contribution is 2.17. The normalized spacial score (nSPS) is 14.8. The lowest BCUT2D eigenvalue weighted by atomic mass is 10.2. The van der Waals surface area contributed by atoms with Gasteiger partial charge in [0.1, 0.15) is 0 Å². The Morgan fingerprint density at radius 1 is 1.19 bits per heavy atom. The van der Waals surface area contributed by atoms with Gasteiger partial charge >= 0.3 is 5.97 Å². The third-order valence-electron chi connectivity index (χ3n) is 3.67. The summed E-state index contributed by atoms with van der Waals surface area (Å²) in [6, 6.07) is 7.33. The molecule has 1 aromatic carbocycles. The van der Waals surface area contributed by atoms with E-state index in [1.807, 2.05) is 31.1 Å². The molecule has 0 heterocycles. The van der Waals surface area contributed by atoms with Crippen LogP contribution in [0.5, 0.6) is 0 Å². The highest BCUT2D eigenvalue weighted by molar-refractivity contribution is 5.91. The largest absolute Gasteiger partial charge is 0.452 e. The highest BCUT2D eigenvalue weighted by atomic mass is 16.5. The lowest BCUT2D eigenvalue weighted by molar-refractivity contribution is -0.124. The molecule has 1 aliphatic carbocycles. The Bertz CT molecular complexity index is 491. The van der Waals surface area contributed by atoms with E-state index >= 15 is 0 Å². The average molecular weight is 290 g/mol. The topological polar surface area (TPSA) is 58.6 Å². The van der Waals surface area contributed by atoms with Crippen LogP contribution in [-0.4, -0.2) is 38.6 Å². The zero-order valence-corrected chi connectivity index (χ0v) is 12.6. The molecular formula is C16H22N2O3. The summed E-state index contributed by atoms with van der Waals surface area (Å²) < 4.78 is 5.04. The summed E-state index contributed by atoms with van der Waals surface area (Å²) in [5.74, 6) is -0.693. The summed E-state index contributed by atoms with van der Waals surface area (Å²) in [6.07, 6.45) is 4.35. The summed E-state index contributed by atoms with van der Waals surface area (Å²) in [5, 5.41) is 2.89. The van der Waals surface area contributed by atoms with Crippen molar-refractivity contribution in [2.24, 2.45) is 0 Å². The first-order chi connectivity index (χ1) is 10.1. The molecule has 0 aromatic heterocycles. The van der Waals surface area contributed by atoms with E-state index in [4.69, 9.17) is 4.74 Å². The lowest BCUT2D eigenvalue weighted by Gasteiger charge is -2.13. The van der Waals surface area contributed by atoms with Crippen molar-refractivity contribution in [3.63, 3.8) is 0 Å². The van der Waals surface area contributed by atoms with Crippen LogP contribution in [-0.2, 0) is 9.53 Å². The zero-order chi connectivity index (χ0) is 15.2. The number of amides is 1. The van der Waals surface area contributed by atoms with E-state index in [9.17, 15) is 9.59 Å². The van der Waals surface area contributed by atoms with Gasteiger partial charge in [0.25, 0.3) is 5.91 Å². The zero-order valence-electron chi connectivity index (χ0n) is 12.6. The van der Waals surface area contributed by atoms with Gasteiger partial charge in [-0.15, -0.1) is 0 Å². The Labute approximate surface area is 125 Å². The van der Waals surface area contributed by atoms with Crippen LogP contribution in [0, 0.1) is 0 Å². The molecule has 1 amide bonds. The molecule has 1 aliphatic rings. The number of carbonyl (C=O) groups is 2. The molecule has 1 N–H and O–H groups in total. The summed E-state index contributed by atoms with van der Waals surface area (Å²) >= 11 is 0. The van der Waals surface area contributed by atoms with Gasteiger partial charge in [0.05, 0.1) is 5.56 Å². The minimum Gasteiger partial charge on any atom is -0.452 e. The molecule has 114 valence electrons. The SMILES string of the molecule is CN(C)c1ccc(C(=O)OCC(=O)NC2CCCC2)cc1. The molecule has 1 aromatic rings. The van der Waals surface area contributed by atoms with E-state index in [0.717, 1.165) is 31.4 Å². The van der Waals surface area contributed by atoms with Crippen LogP contribution in [0.15, 0.2) is 24.3 Å². The Hall–Kier alpha value is -2.04. The number of ether oxygens (including phenoxy) is 1. The van der Waals surface area contributed by atoms with E-state index in [1.54, 1.807) is 12.1 Å². The Kier molecular flexibility index (Phi) is 5.20. The van der Waals surface area contributed by atoms with Crippen molar-refractivity contribution < 1.29 is 14.3 Å². The average Bonchev–Trinajstić information content (AvgIpc) is 2.97. The van der Waals surface area contributed by atoms with Crippen LogP contribution in [0.4, 0.5) is 5.69 Å². The second-order valence-corrected chi connectivity index (χ2v) is 5.57. The van der Waals surface area contributed by atoms with Crippen LogP contribution >= 0.6 is 0 Å². The van der Waals surface area contributed by atoms with Gasteiger partial charge in [0.15, 0.2) is 6.61 Å². The number of rotatable bonds is 5. The monoisotopic (exact) mass is 290 g/mol. The molecule has 0 atom stereocenters. The first kappa shape index (κ1) is 15.4. The fourth-order valence-corrected chi connectivity index (χ4v) is 2.45. The molecule has 0 unspecified atom stereocenters. The number of anilines is 1. The van der Waals surface area contributed by atoms with E-state index in [1.165, 1.54) is 0 Å². The second kappa shape index (κ2) is 7.11. The minimum atomic E-state index is -0.470. The second-order valence-electron chi connectivity index (χ2n) is 5.57. The van der Waals surface area contributed by atoms with Gasteiger partial charge in [-0.05, 0) is 37.1 Å². The van der Waals surface area contributed by atoms with Crippen molar-refractivity contribution in [1.29, 1.82) is 0 Å². The molecule has 0 spiro atoms. The predicted octanol–water partition coefficient (Wildman–Crippen LogP) is 1.97. The molecule has 5 nitrogen and oxygen atoms in total. The summed E-state index contributed by atoms with van der Waals surface area (Å²) in [5.41, 5.74) is 1.46. The fraction of sp³-hybridized carbons (Fsp3) is 0.500. The Morgan fingerprint density at radius 2 is 1.81 bits per heavy atom. The van der Waals surface area contributed by atoms with Crippen LogP contribution in [0.1, 0.15) is 36.0 Å². The van der Waals surface area contributed by atoms with Crippen molar-refractivity contribution in [2.45, 2.75) is 31.7 Å². The van der Waals surface area contributed by atoms with Crippen LogP contribution in [0.25, 0.3) is 0 Å². The van der Waals surface area contributed by atoms with Crippen LogP contribution in [0.3, 0.4) is 0 Å². The number of nitrogens with one attached hydrogen (secondary N) is 1. The Balaban J connectivity index is 1.79. The van der Waals surface area contributed by atoms with Gasteiger partial charge in [-0.25, -0.2) is 4.79 Å². The van der Waals surface area contributed by atoms with Crippen molar-refractivity contribution in [1.82, 2.24) is 5.32 Å². The maximum Gasteiger partial charge on any atom is 0.338 e. The molecule has 0 radical (unpaired) electrons. The molecule has 5 heteroatoms. The van der Waals surface area contributed by atoms with Gasteiger partial charge < -0.3 is 15.0 Å². The van der Waals surface area contributed by atoms with Crippen LogP contribution < -0.4 is 10.2 Å². The highest BCUT2D eigenvalue weighted by Gasteiger charge is 2.18. The maximum absolute atomic E-state index is 11.9. The molecule has 1 fully saturated rings. The predicted molar refractivity (Wildman–Crippen MR) is 81.5 cm³/mol.